The molecule has 0 N–H and O–H groups in total. The summed E-state index contributed by atoms with van der Waals surface area (Å²) in [5, 5.41) is 5.05. The van der Waals surface area contributed by atoms with E-state index >= 15 is 0 Å². The van der Waals surface area contributed by atoms with Crippen LogP contribution in [0.2, 0.25) is 0 Å². The molecule has 0 aliphatic rings. The molecule has 0 saturated heterocycles. The second-order valence-electron chi connectivity index (χ2n) is 6.36. The molecule has 3 aromatic carbocycles. The van der Waals surface area contributed by atoms with Crippen LogP contribution in [0.5, 0.6) is 0 Å². The predicted molar refractivity (Wildman–Crippen MR) is 113 cm³/mol. The van der Waals surface area contributed by atoms with Crippen molar-refractivity contribution in [1.29, 1.82) is 0 Å². The van der Waals surface area contributed by atoms with Gasteiger partial charge in [-0.1, -0.05) is 85.5 Å². The molecule has 0 unspecified atom stereocenters. The van der Waals surface area contributed by atoms with Crippen molar-refractivity contribution in [3.8, 4) is 11.1 Å². The molecule has 25 heavy (non-hydrogen) atoms. The average molecular weight is 324 g/mol. The maximum absolute atomic E-state index is 4.00. The minimum Gasteiger partial charge on any atom is -0.0990 e. The van der Waals surface area contributed by atoms with E-state index in [0.717, 1.165) is 5.56 Å². The summed E-state index contributed by atoms with van der Waals surface area (Å²) in [7, 11) is 0. The highest BCUT2D eigenvalue weighted by Gasteiger charge is 2.12. The number of rotatable bonds is 3. The van der Waals surface area contributed by atoms with Crippen molar-refractivity contribution >= 4 is 29.0 Å². The highest BCUT2D eigenvalue weighted by atomic mass is 14.2. The second kappa shape index (κ2) is 6.94. The summed E-state index contributed by atoms with van der Waals surface area (Å²) in [4.78, 5) is 0. The summed E-state index contributed by atoms with van der Waals surface area (Å²) in [5.74, 6) is 0. The summed E-state index contributed by atoms with van der Waals surface area (Å²) in [6.07, 6.45) is 8.13. The van der Waals surface area contributed by atoms with Crippen molar-refractivity contribution in [2.24, 2.45) is 0 Å². The summed E-state index contributed by atoms with van der Waals surface area (Å²) in [6, 6.07) is 15.2. The SMILES string of the molecule is C=C/C=c1\c(=C/C)c(-c2ccccc2C=C)c(C)c2cc(C)ccc12. The van der Waals surface area contributed by atoms with Crippen LogP contribution in [-0.4, -0.2) is 0 Å². The van der Waals surface area contributed by atoms with Gasteiger partial charge < -0.3 is 0 Å². The Morgan fingerprint density at radius 1 is 0.880 bits per heavy atom. The van der Waals surface area contributed by atoms with E-state index in [2.05, 4.69) is 88.5 Å². The molecule has 3 rings (SSSR count). The normalized spacial score (nSPS) is 12.6. The lowest BCUT2D eigenvalue weighted by atomic mass is 9.88. The first kappa shape index (κ1) is 17.0. The van der Waals surface area contributed by atoms with Gasteiger partial charge in [0.25, 0.3) is 0 Å². The van der Waals surface area contributed by atoms with Crippen LogP contribution in [0.3, 0.4) is 0 Å². The zero-order chi connectivity index (χ0) is 18.0. The van der Waals surface area contributed by atoms with Gasteiger partial charge in [-0.25, -0.2) is 0 Å². The van der Waals surface area contributed by atoms with E-state index in [1.807, 2.05) is 12.2 Å². The van der Waals surface area contributed by atoms with E-state index in [1.165, 1.54) is 43.5 Å². The smallest absolute Gasteiger partial charge is 0.00670 e. The fourth-order valence-corrected chi connectivity index (χ4v) is 3.67. The third kappa shape index (κ3) is 2.85. The van der Waals surface area contributed by atoms with Crippen LogP contribution in [0.1, 0.15) is 23.6 Å². The number of hydrogen-bond acceptors (Lipinski definition) is 0. The Balaban J connectivity index is 2.65. The van der Waals surface area contributed by atoms with Gasteiger partial charge in [-0.05, 0) is 64.2 Å². The minimum atomic E-state index is 1.16. The maximum atomic E-state index is 4.00. The predicted octanol–water partition coefficient (Wildman–Crippen LogP) is 5.53. The lowest BCUT2D eigenvalue weighted by Crippen LogP contribution is -2.28. The zero-order valence-corrected chi connectivity index (χ0v) is 15.3. The van der Waals surface area contributed by atoms with Gasteiger partial charge in [0.05, 0.1) is 0 Å². The molecule has 0 spiro atoms. The van der Waals surface area contributed by atoms with Crippen molar-refractivity contribution in [3.05, 3.63) is 88.8 Å². The van der Waals surface area contributed by atoms with Crippen LogP contribution in [-0.2, 0) is 0 Å². The quantitative estimate of drug-likeness (QED) is 0.594. The van der Waals surface area contributed by atoms with Crippen LogP contribution in [0.15, 0.2) is 61.7 Å². The van der Waals surface area contributed by atoms with Crippen molar-refractivity contribution in [2.45, 2.75) is 20.8 Å². The van der Waals surface area contributed by atoms with Gasteiger partial charge >= 0.3 is 0 Å². The lowest BCUT2D eigenvalue weighted by Gasteiger charge is -2.15. The van der Waals surface area contributed by atoms with Crippen molar-refractivity contribution in [2.75, 3.05) is 0 Å². The largest absolute Gasteiger partial charge is 0.0990 e. The molecule has 0 bridgehead atoms. The Kier molecular flexibility index (Phi) is 4.72. The van der Waals surface area contributed by atoms with Gasteiger partial charge in [-0.15, -0.1) is 0 Å². The molecule has 124 valence electrons. The fourth-order valence-electron chi connectivity index (χ4n) is 3.67. The first-order chi connectivity index (χ1) is 12.1. The van der Waals surface area contributed by atoms with Crippen molar-refractivity contribution in [1.82, 2.24) is 0 Å². The molecule has 3 aromatic rings. The second-order valence-corrected chi connectivity index (χ2v) is 6.36. The van der Waals surface area contributed by atoms with Crippen LogP contribution in [0.25, 0.3) is 40.1 Å². The van der Waals surface area contributed by atoms with Gasteiger partial charge in [-0.3, -0.25) is 0 Å². The minimum absolute atomic E-state index is 1.16. The van der Waals surface area contributed by atoms with Crippen molar-refractivity contribution in [3.63, 3.8) is 0 Å². The summed E-state index contributed by atoms with van der Waals surface area (Å²) in [5.41, 5.74) is 6.25. The monoisotopic (exact) mass is 324 g/mol. The Hall–Kier alpha value is -2.86. The van der Waals surface area contributed by atoms with Crippen LogP contribution in [0, 0.1) is 13.8 Å². The molecule has 0 fully saturated rings. The molecular formula is C25H24. The van der Waals surface area contributed by atoms with Crippen LogP contribution >= 0.6 is 0 Å². The molecule has 0 atom stereocenters. The Labute approximate surface area is 150 Å². The highest BCUT2D eigenvalue weighted by Crippen LogP contribution is 2.28. The number of hydrogen-bond donors (Lipinski definition) is 0. The van der Waals surface area contributed by atoms with E-state index in [9.17, 15) is 0 Å². The van der Waals surface area contributed by atoms with Gasteiger partial charge in [-0.2, -0.15) is 0 Å². The molecule has 0 heterocycles. The van der Waals surface area contributed by atoms with E-state index in [4.69, 9.17) is 0 Å². The third-order valence-corrected chi connectivity index (χ3v) is 4.83. The van der Waals surface area contributed by atoms with Gasteiger partial charge in [0.1, 0.15) is 0 Å². The Morgan fingerprint density at radius 2 is 1.64 bits per heavy atom. The highest BCUT2D eigenvalue weighted by molar-refractivity contribution is 5.95. The molecule has 0 aliphatic heterocycles. The number of aryl methyl sites for hydroxylation is 2. The molecule has 0 aromatic heterocycles. The topological polar surface area (TPSA) is 0 Å². The lowest BCUT2D eigenvalue weighted by molar-refractivity contribution is 1.41. The summed E-state index contributed by atoms with van der Waals surface area (Å²) >= 11 is 0. The fraction of sp³-hybridized carbons (Fsp3) is 0.120. The molecule has 0 radical (unpaired) electrons. The maximum Gasteiger partial charge on any atom is -0.00670 e. The Bertz CT molecular complexity index is 1100. The van der Waals surface area contributed by atoms with E-state index in [1.54, 1.807) is 0 Å². The first-order valence-electron chi connectivity index (χ1n) is 8.66. The van der Waals surface area contributed by atoms with E-state index in [0.29, 0.717) is 0 Å². The zero-order valence-electron chi connectivity index (χ0n) is 15.3. The van der Waals surface area contributed by atoms with Gasteiger partial charge in [0.2, 0.25) is 0 Å². The van der Waals surface area contributed by atoms with E-state index < -0.39 is 0 Å². The standard InChI is InChI=1S/C25H24/c1-6-11-22-20(8-3)25(21-13-10-9-12-19(21)7-2)18(5)24-16-17(4)14-15-23(22)24/h6-16H,1-2H2,3-5H3/b20-8+,22-11+. The van der Waals surface area contributed by atoms with Gasteiger partial charge in [0, 0.05) is 0 Å². The molecular weight excluding hydrogens is 300 g/mol. The molecule has 0 aliphatic carbocycles. The molecule has 0 heteroatoms. The van der Waals surface area contributed by atoms with Gasteiger partial charge in [0.15, 0.2) is 0 Å². The molecule has 0 amide bonds. The Morgan fingerprint density at radius 3 is 2.32 bits per heavy atom. The third-order valence-electron chi connectivity index (χ3n) is 4.83. The van der Waals surface area contributed by atoms with E-state index in [-0.39, 0.29) is 0 Å². The molecule has 0 nitrogen and oxygen atoms in total. The number of benzene rings is 3. The number of fused-ring (bicyclic) bond motifs is 1. The molecule has 0 saturated carbocycles. The average Bonchev–Trinajstić information content (AvgIpc) is 2.63. The summed E-state index contributed by atoms with van der Waals surface area (Å²) < 4.78 is 0. The summed E-state index contributed by atoms with van der Waals surface area (Å²) in [6.45, 7) is 14.4. The van der Waals surface area contributed by atoms with Crippen LogP contribution < -0.4 is 10.4 Å². The first-order valence-corrected chi connectivity index (χ1v) is 8.66. The van der Waals surface area contributed by atoms with Crippen LogP contribution in [0.4, 0.5) is 0 Å². The number of allylic oxidation sites excluding steroid dienone is 1. The van der Waals surface area contributed by atoms with Crippen molar-refractivity contribution < 1.29 is 0 Å².